The molecule has 1 aliphatic rings. The number of nitrogens with zero attached hydrogens (tertiary/aromatic N) is 4. The highest BCUT2D eigenvalue weighted by Gasteiger charge is 2.19. The fourth-order valence-electron chi connectivity index (χ4n) is 3.59. The Hall–Kier alpha value is -2.12. The van der Waals surface area contributed by atoms with Gasteiger partial charge in [-0.1, -0.05) is 17.4 Å². The summed E-state index contributed by atoms with van der Waals surface area (Å²) in [4.78, 5) is 6.98. The summed E-state index contributed by atoms with van der Waals surface area (Å²) < 4.78 is 2.75. The molecule has 0 amide bonds. The molecular formula is C18H23N5OS. The van der Waals surface area contributed by atoms with Crippen molar-refractivity contribution >= 4 is 26.8 Å². The number of likely N-dealkylation sites (N-methyl/N-ethyl adjacent to an activating group) is 1. The molecule has 4 rings (SSSR count). The van der Waals surface area contributed by atoms with Crippen LogP contribution < -0.4 is 5.32 Å². The maximum Gasteiger partial charge on any atom is 0.194 e. The van der Waals surface area contributed by atoms with Crippen LogP contribution in [0.15, 0.2) is 18.3 Å². The minimum Gasteiger partial charge on any atom is -0.506 e. The molecule has 1 fully saturated rings. The van der Waals surface area contributed by atoms with Crippen LogP contribution in [0, 0.1) is 13.8 Å². The van der Waals surface area contributed by atoms with E-state index >= 15 is 0 Å². The van der Waals surface area contributed by atoms with Crippen molar-refractivity contribution in [2.45, 2.75) is 32.7 Å². The van der Waals surface area contributed by atoms with Gasteiger partial charge in [0.05, 0.1) is 10.9 Å². The van der Waals surface area contributed by atoms with Crippen LogP contribution in [0.1, 0.15) is 24.0 Å². The van der Waals surface area contributed by atoms with E-state index in [4.69, 9.17) is 0 Å². The minimum absolute atomic E-state index is 0.247. The van der Waals surface area contributed by atoms with Gasteiger partial charge in [-0.3, -0.25) is 0 Å². The van der Waals surface area contributed by atoms with Gasteiger partial charge in [-0.15, -0.1) is 5.10 Å². The third-order valence-electron chi connectivity index (χ3n) is 4.68. The van der Waals surface area contributed by atoms with E-state index in [1.165, 1.54) is 19.4 Å². The molecule has 1 aromatic carbocycles. The number of aromatic nitrogens is 3. The summed E-state index contributed by atoms with van der Waals surface area (Å²) in [5, 5.41) is 19.3. The minimum atomic E-state index is 0.247. The molecule has 6 nitrogen and oxygen atoms in total. The number of anilines is 1. The van der Waals surface area contributed by atoms with Crippen molar-refractivity contribution in [2.24, 2.45) is 0 Å². The molecule has 1 aliphatic heterocycles. The maximum atomic E-state index is 10.3. The first kappa shape index (κ1) is 16.4. The fraction of sp³-hybridized carbons (Fsp3) is 0.444. The zero-order valence-corrected chi connectivity index (χ0v) is 15.6. The standard InChI is InChI=1S/C18H23N5OS/c1-11-7-12(2)16(14(24)8-11)23-10-15-17(21-23)20-18(25-15)19-13-5-4-6-22(3)9-13/h7-8,10,13,24H,4-6,9H2,1-3H3,(H,19,20,21)/t13-/m1/s1. The van der Waals surface area contributed by atoms with Crippen LogP contribution in [0.2, 0.25) is 0 Å². The van der Waals surface area contributed by atoms with Crippen LogP contribution in [0.3, 0.4) is 0 Å². The molecular weight excluding hydrogens is 334 g/mol. The van der Waals surface area contributed by atoms with Gasteiger partial charge >= 0.3 is 0 Å². The lowest BCUT2D eigenvalue weighted by atomic mass is 10.1. The third kappa shape index (κ3) is 3.21. The van der Waals surface area contributed by atoms with E-state index in [1.54, 1.807) is 22.1 Å². The number of phenolic OH excluding ortho intramolecular Hbond substituents is 1. The maximum absolute atomic E-state index is 10.3. The number of thiazole rings is 1. The Morgan fingerprint density at radius 2 is 2.16 bits per heavy atom. The lowest BCUT2D eigenvalue weighted by molar-refractivity contribution is 0.261. The van der Waals surface area contributed by atoms with Crippen molar-refractivity contribution in [1.82, 2.24) is 19.7 Å². The summed E-state index contributed by atoms with van der Waals surface area (Å²) in [5.74, 6) is 0.247. The number of hydrogen-bond acceptors (Lipinski definition) is 6. The number of benzene rings is 1. The number of rotatable bonds is 3. The largest absolute Gasteiger partial charge is 0.506 e. The van der Waals surface area contributed by atoms with E-state index in [2.05, 4.69) is 27.3 Å². The number of likely N-dealkylation sites (tertiary alicyclic amines) is 1. The highest BCUT2D eigenvalue weighted by molar-refractivity contribution is 7.22. The summed E-state index contributed by atoms with van der Waals surface area (Å²) in [5.41, 5.74) is 3.47. The van der Waals surface area contributed by atoms with Crippen molar-refractivity contribution in [3.8, 4) is 11.4 Å². The molecule has 25 heavy (non-hydrogen) atoms. The molecule has 1 saturated heterocycles. The average Bonchev–Trinajstić information content (AvgIpc) is 3.04. The first-order valence-electron chi connectivity index (χ1n) is 8.61. The van der Waals surface area contributed by atoms with Crippen molar-refractivity contribution in [3.05, 3.63) is 29.5 Å². The first-order valence-corrected chi connectivity index (χ1v) is 9.43. The summed E-state index contributed by atoms with van der Waals surface area (Å²) in [6.07, 6.45) is 4.34. The van der Waals surface area contributed by atoms with E-state index in [1.807, 2.05) is 26.1 Å². The number of fused-ring (bicyclic) bond motifs is 1. The van der Waals surface area contributed by atoms with Crippen LogP contribution in [-0.4, -0.2) is 50.9 Å². The monoisotopic (exact) mass is 357 g/mol. The Labute approximate surface area is 151 Å². The van der Waals surface area contributed by atoms with Crippen molar-refractivity contribution < 1.29 is 5.11 Å². The van der Waals surface area contributed by atoms with Crippen LogP contribution in [0.5, 0.6) is 5.75 Å². The second kappa shape index (κ2) is 6.31. The first-order chi connectivity index (χ1) is 12.0. The fourth-order valence-corrected chi connectivity index (χ4v) is 4.49. The Bertz CT molecular complexity index is 861. The predicted molar refractivity (Wildman–Crippen MR) is 102 cm³/mol. The molecule has 2 N–H and O–H groups in total. The van der Waals surface area contributed by atoms with E-state index in [0.717, 1.165) is 38.8 Å². The van der Waals surface area contributed by atoms with Crippen molar-refractivity contribution in [1.29, 1.82) is 0 Å². The van der Waals surface area contributed by atoms with Crippen LogP contribution in [0.25, 0.3) is 16.0 Å². The van der Waals surface area contributed by atoms with Gasteiger partial charge in [0, 0.05) is 12.6 Å². The van der Waals surface area contributed by atoms with Crippen LogP contribution >= 0.6 is 11.3 Å². The molecule has 0 saturated carbocycles. The lowest BCUT2D eigenvalue weighted by Crippen LogP contribution is -2.39. The van der Waals surface area contributed by atoms with Gasteiger partial charge < -0.3 is 15.3 Å². The molecule has 132 valence electrons. The van der Waals surface area contributed by atoms with Gasteiger partial charge in [-0.25, -0.2) is 4.68 Å². The van der Waals surface area contributed by atoms with Crippen molar-refractivity contribution in [2.75, 3.05) is 25.5 Å². The molecule has 0 radical (unpaired) electrons. The third-order valence-corrected chi connectivity index (χ3v) is 5.59. The number of nitrogens with one attached hydrogen (secondary N) is 1. The van der Waals surface area contributed by atoms with E-state index < -0.39 is 0 Å². The number of phenols is 1. The molecule has 0 aliphatic carbocycles. The average molecular weight is 357 g/mol. The molecule has 3 heterocycles. The van der Waals surface area contributed by atoms with E-state index in [-0.39, 0.29) is 5.75 Å². The van der Waals surface area contributed by atoms with Gasteiger partial charge in [0.1, 0.15) is 11.4 Å². The van der Waals surface area contributed by atoms with Gasteiger partial charge in [-0.05, 0) is 57.5 Å². The molecule has 0 spiro atoms. The van der Waals surface area contributed by atoms with Crippen LogP contribution in [-0.2, 0) is 0 Å². The summed E-state index contributed by atoms with van der Waals surface area (Å²) in [6, 6.07) is 4.26. The smallest absolute Gasteiger partial charge is 0.194 e. The Morgan fingerprint density at radius 3 is 2.88 bits per heavy atom. The van der Waals surface area contributed by atoms with Crippen LogP contribution in [0.4, 0.5) is 5.13 Å². The zero-order chi connectivity index (χ0) is 17.6. The molecule has 0 bridgehead atoms. The molecule has 1 atom stereocenters. The quantitative estimate of drug-likeness (QED) is 0.753. The van der Waals surface area contributed by atoms with Gasteiger partial charge in [0.15, 0.2) is 10.8 Å². The highest BCUT2D eigenvalue weighted by atomic mass is 32.1. The molecule has 3 aromatic rings. The zero-order valence-electron chi connectivity index (χ0n) is 14.8. The lowest BCUT2D eigenvalue weighted by Gasteiger charge is -2.29. The number of aromatic hydroxyl groups is 1. The number of piperidine rings is 1. The Morgan fingerprint density at radius 1 is 1.32 bits per heavy atom. The Balaban J connectivity index is 1.60. The summed E-state index contributed by atoms with van der Waals surface area (Å²) >= 11 is 1.62. The molecule has 2 aromatic heterocycles. The topological polar surface area (TPSA) is 66.2 Å². The molecule has 7 heteroatoms. The number of aryl methyl sites for hydroxylation is 2. The van der Waals surface area contributed by atoms with Crippen molar-refractivity contribution in [3.63, 3.8) is 0 Å². The molecule has 0 unspecified atom stereocenters. The second-order valence-electron chi connectivity index (χ2n) is 6.98. The van der Waals surface area contributed by atoms with Gasteiger partial charge in [0.25, 0.3) is 0 Å². The Kier molecular flexibility index (Phi) is 4.13. The van der Waals surface area contributed by atoms with Gasteiger partial charge in [-0.2, -0.15) is 4.98 Å². The highest BCUT2D eigenvalue weighted by Crippen LogP contribution is 2.31. The normalized spacial score (nSPS) is 18.8. The predicted octanol–water partition coefficient (Wildman–Crippen LogP) is 3.31. The van der Waals surface area contributed by atoms with E-state index in [0.29, 0.717) is 6.04 Å². The summed E-state index contributed by atoms with van der Waals surface area (Å²) in [7, 11) is 2.16. The SMILES string of the molecule is Cc1cc(C)c(-n2cc3sc(N[C@@H]4CCCN(C)C4)nc3n2)c(O)c1. The van der Waals surface area contributed by atoms with E-state index in [9.17, 15) is 5.11 Å². The second-order valence-corrected chi connectivity index (χ2v) is 8.01. The number of hydrogen-bond donors (Lipinski definition) is 2. The van der Waals surface area contributed by atoms with Gasteiger partial charge in [0.2, 0.25) is 0 Å². The summed E-state index contributed by atoms with van der Waals surface area (Å²) in [6.45, 7) is 6.18.